The Kier molecular flexibility index (Phi) is 19.5. The predicted octanol–water partition coefficient (Wildman–Crippen LogP) is 8.77. The number of aromatic nitrogens is 1. The number of phenols is 2. The van der Waals surface area contributed by atoms with Gasteiger partial charge in [-0.15, -0.1) is 22.7 Å². The SMILES string of the molecule is Cc1ncsc1-c1ccc([C@H](C)NC(=O)[C@@H]2C[C@@H](O)CN2C(=O)[C@@H](NC(=O)COCCOCCOCCOc2ccc(/C=N/NC(=O)c3cccc(Oc4c(-c5ccc(O)cc5)sc5cc(O)ccc45)c3)cc2)C(C)(C)C)cc1. The molecule has 0 spiro atoms. The van der Waals surface area contributed by atoms with Crippen LogP contribution in [0.25, 0.3) is 31.0 Å². The Morgan fingerprint density at radius 2 is 1.47 bits per heavy atom. The molecule has 7 aromatic rings. The molecule has 4 atom stereocenters. The number of hydrazone groups is 1. The van der Waals surface area contributed by atoms with Crippen molar-refractivity contribution in [1.82, 2.24) is 25.9 Å². The maximum absolute atomic E-state index is 14.0. The van der Waals surface area contributed by atoms with Gasteiger partial charge in [0.25, 0.3) is 5.91 Å². The van der Waals surface area contributed by atoms with Gasteiger partial charge in [0.1, 0.15) is 48.3 Å². The van der Waals surface area contributed by atoms with Crippen molar-refractivity contribution in [2.24, 2.45) is 10.5 Å². The lowest BCUT2D eigenvalue weighted by Crippen LogP contribution is -2.58. The molecule has 20 heteroatoms. The van der Waals surface area contributed by atoms with Gasteiger partial charge < -0.3 is 54.5 Å². The summed E-state index contributed by atoms with van der Waals surface area (Å²) in [6.45, 7) is 10.5. The molecule has 3 heterocycles. The lowest BCUT2D eigenvalue weighted by Gasteiger charge is -2.35. The number of amides is 4. The minimum absolute atomic E-state index is 0.0362. The van der Waals surface area contributed by atoms with Crippen LogP contribution in [-0.2, 0) is 28.6 Å². The number of carbonyl (C=O) groups excluding carboxylic acids is 4. The summed E-state index contributed by atoms with van der Waals surface area (Å²) >= 11 is 3.01. The zero-order valence-electron chi connectivity index (χ0n) is 44.5. The molecule has 414 valence electrons. The van der Waals surface area contributed by atoms with Crippen LogP contribution in [0.1, 0.15) is 67.3 Å². The third-order valence-electron chi connectivity index (χ3n) is 12.9. The number of nitrogens with one attached hydrogen (secondary N) is 3. The third kappa shape index (κ3) is 15.5. The number of benzene rings is 5. The molecular formula is C59H64N6O12S2. The van der Waals surface area contributed by atoms with Gasteiger partial charge in [0.2, 0.25) is 17.7 Å². The van der Waals surface area contributed by atoms with Gasteiger partial charge in [-0.05, 0) is 126 Å². The number of ether oxygens (including phenoxy) is 5. The van der Waals surface area contributed by atoms with Crippen LogP contribution in [0.15, 0.2) is 126 Å². The van der Waals surface area contributed by atoms with E-state index in [2.05, 4.69) is 26.1 Å². The van der Waals surface area contributed by atoms with E-state index in [0.29, 0.717) is 42.6 Å². The number of likely N-dealkylation sites (tertiary alicyclic amines) is 1. The maximum atomic E-state index is 14.0. The van der Waals surface area contributed by atoms with Crippen LogP contribution >= 0.6 is 22.7 Å². The second-order valence-electron chi connectivity index (χ2n) is 19.9. The van der Waals surface area contributed by atoms with Gasteiger partial charge in [-0.25, -0.2) is 10.4 Å². The molecule has 1 aliphatic rings. The highest BCUT2D eigenvalue weighted by Gasteiger charge is 2.44. The number of aromatic hydroxyl groups is 2. The largest absolute Gasteiger partial charge is 0.508 e. The number of carbonyl (C=O) groups is 4. The summed E-state index contributed by atoms with van der Waals surface area (Å²) in [6.07, 6.45) is 0.699. The summed E-state index contributed by atoms with van der Waals surface area (Å²) in [5.41, 5.74) is 8.41. The van der Waals surface area contributed by atoms with Crippen molar-refractivity contribution in [2.75, 3.05) is 52.8 Å². The normalized spacial score (nSPS) is 15.2. The highest BCUT2D eigenvalue weighted by molar-refractivity contribution is 7.22. The minimum atomic E-state index is -0.991. The Bertz CT molecular complexity index is 3230. The molecule has 79 heavy (non-hydrogen) atoms. The fourth-order valence-corrected chi connectivity index (χ4v) is 10.7. The van der Waals surface area contributed by atoms with Crippen LogP contribution < -0.4 is 25.5 Å². The number of rotatable bonds is 24. The van der Waals surface area contributed by atoms with Crippen LogP contribution in [0, 0.1) is 12.3 Å². The fourth-order valence-electron chi connectivity index (χ4n) is 8.71. The lowest BCUT2D eigenvalue weighted by atomic mass is 9.85. The molecule has 18 nitrogen and oxygen atoms in total. The molecule has 1 aliphatic heterocycles. The summed E-state index contributed by atoms with van der Waals surface area (Å²) in [5.74, 6) is 0.0896. The van der Waals surface area contributed by atoms with Crippen LogP contribution in [0.4, 0.5) is 0 Å². The minimum Gasteiger partial charge on any atom is -0.508 e. The van der Waals surface area contributed by atoms with E-state index < -0.39 is 41.3 Å². The van der Waals surface area contributed by atoms with Gasteiger partial charge in [0.05, 0.1) is 72.4 Å². The Morgan fingerprint density at radius 3 is 2.16 bits per heavy atom. The van der Waals surface area contributed by atoms with Crippen molar-refractivity contribution in [3.05, 3.63) is 143 Å². The van der Waals surface area contributed by atoms with E-state index in [9.17, 15) is 34.5 Å². The zero-order chi connectivity index (χ0) is 56.1. The standard InChI is InChI=1S/C59H64N6O12S2/c1-36(39-11-13-40(14-12-39)53-37(2)60-35-78-53)62-57(71)49-30-45(68)33-65(49)58(72)55(59(3,4)5)63-51(69)34-75-26-25-73-23-24-74-27-28-76-46-20-9-38(10-21-46)32-61-64-56(70)42-7-6-8-47(29-42)77-52-48-22-19-44(67)31-50(48)79-54(52)41-15-17-43(66)18-16-41/h6-22,29,31-32,35-36,45,49,55,66-68H,23-28,30,33-34H2,1-5H3,(H,62,71)(H,63,69)(H,64,70)/b61-32+/t36-,45+,49-,55+/m0/s1. The average molecular weight is 1110 g/mol. The Labute approximate surface area is 466 Å². The van der Waals surface area contributed by atoms with Gasteiger partial charge in [-0.1, -0.05) is 51.1 Å². The molecular weight excluding hydrogens is 1050 g/mol. The van der Waals surface area contributed by atoms with Crippen molar-refractivity contribution in [3.63, 3.8) is 0 Å². The van der Waals surface area contributed by atoms with Crippen molar-refractivity contribution < 1.29 is 58.2 Å². The fraction of sp³-hybridized carbons (Fsp3) is 0.322. The second-order valence-corrected chi connectivity index (χ2v) is 21.8. The van der Waals surface area contributed by atoms with E-state index in [4.69, 9.17) is 23.7 Å². The molecule has 2 aromatic heterocycles. The first-order valence-corrected chi connectivity index (χ1v) is 27.4. The number of hydrogen-bond donors (Lipinski definition) is 6. The van der Waals surface area contributed by atoms with E-state index in [1.807, 2.05) is 64.4 Å². The molecule has 0 radical (unpaired) electrons. The number of hydrogen-bond acceptors (Lipinski definition) is 16. The number of thiazole rings is 1. The van der Waals surface area contributed by atoms with E-state index in [0.717, 1.165) is 47.8 Å². The quantitative estimate of drug-likeness (QED) is 0.0189. The number of nitrogens with zero attached hydrogens (tertiary/aromatic N) is 3. The van der Waals surface area contributed by atoms with Crippen LogP contribution in [-0.4, -0.2) is 126 Å². The molecule has 0 aliphatic carbocycles. The third-order valence-corrected chi connectivity index (χ3v) is 15.0. The van der Waals surface area contributed by atoms with Gasteiger partial charge in [-0.2, -0.15) is 5.10 Å². The molecule has 0 unspecified atom stereocenters. The Balaban J connectivity index is 0.691. The summed E-state index contributed by atoms with van der Waals surface area (Å²) in [6, 6.07) is 31.3. The molecule has 6 N–H and O–H groups in total. The Hall–Kier alpha value is -7.72. The predicted molar refractivity (Wildman–Crippen MR) is 303 cm³/mol. The number of aliphatic hydroxyl groups is 1. The monoisotopic (exact) mass is 1110 g/mol. The second kappa shape index (κ2) is 26.8. The maximum Gasteiger partial charge on any atom is 0.271 e. The van der Waals surface area contributed by atoms with Crippen molar-refractivity contribution >= 4 is 62.6 Å². The number of β-amino-alcohol motifs (C(OH)–C–C–N with tert-alkyl or cyclic N) is 1. The number of phenolic OH excluding ortho intramolecular Hbond substituents is 2. The first kappa shape index (κ1) is 57.5. The van der Waals surface area contributed by atoms with Gasteiger partial charge in [0, 0.05) is 28.6 Å². The van der Waals surface area contributed by atoms with E-state index in [1.54, 1.807) is 102 Å². The highest BCUT2D eigenvalue weighted by atomic mass is 32.1. The first-order valence-electron chi connectivity index (χ1n) is 25.7. The lowest BCUT2D eigenvalue weighted by molar-refractivity contribution is -0.144. The molecule has 0 saturated carbocycles. The summed E-state index contributed by atoms with van der Waals surface area (Å²) in [7, 11) is 0. The summed E-state index contributed by atoms with van der Waals surface area (Å²) < 4.78 is 29.7. The van der Waals surface area contributed by atoms with E-state index in [-0.39, 0.29) is 62.8 Å². The zero-order valence-corrected chi connectivity index (χ0v) is 46.1. The molecule has 4 amide bonds. The van der Waals surface area contributed by atoms with Gasteiger partial charge in [0.15, 0.2) is 5.75 Å². The van der Waals surface area contributed by atoms with Gasteiger partial charge in [-0.3, -0.25) is 19.2 Å². The van der Waals surface area contributed by atoms with Crippen molar-refractivity contribution in [2.45, 2.75) is 65.3 Å². The molecule has 5 aromatic carbocycles. The number of aryl methyl sites for hydroxylation is 1. The Morgan fingerprint density at radius 1 is 0.797 bits per heavy atom. The van der Waals surface area contributed by atoms with Crippen molar-refractivity contribution in [1.29, 1.82) is 0 Å². The summed E-state index contributed by atoms with van der Waals surface area (Å²) in [4.78, 5) is 61.4. The van der Waals surface area contributed by atoms with Gasteiger partial charge >= 0.3 is 0 Å². The number of thiophene rings is 1. The highest BCUT2D eigenvalue weighted by Crippen LogP contribution is 2.47. The van der Waals surface area contributed by atoms with E-state index in [1.165, 1.54) is 22.5 Å². The first-order chi connectivity index (χ1) is 38.0. The van der Waals surface area contributed by atoms with E-state index >= 15 is 0 Å². The topological polar surface area (TPSA) is 240 Å². The van der Waals surface area contributed by atoms with Crippen LogP contribution in [0.3, 0.4) is 0 Å². The molecule has 1 saturated heterocycles. The van der Waals surface area contributed by atoms with Crippen LogP contribution in [0.2, 0.25) is 0 Å². The summed E-state index contributed by atoms with van der Waals surface area (Å²) in [5, 5.41) is 41.3. The van der Waals surface area contributed by atoms with Crippen LogP contribution in [0.5, 0.6) is 28.7 Å². The number of fused-ring (bicyclic) bond motifs is 1. The number of aliphatic hydroxyl groups excluding tert-OH is 1. The smallest absolute Gasteiger partial charge is 0.271 e. The van der Waals surface area contributed by atoms with Crippen molar-refractivity contribution in [3.8, 4) is 49.6 Å². The average Bonchev–Trinajstić information content (AvgIpc) is 4.29. The molecule has 1 fully saturated rings. The molecule has 0 bridgehead atoms. The molecule has 8 rings (SSSR count).